The molecule has 0 saturated carbocycles. The van der Waals surface area contributed by atoms with Gasteiger partial charge < -0.3 is 4.42 Å². The number of aromatic nitrogens is 1. The van der Waals surface area contributed by atoms with Gasteiger partial charge in [-0.15, -0.1) is 0 Å². The topological polar surface area (TPSA) is 83.7 Å². The number of thiazole rings is 1. The third kappa shape index (κ3) is 4.24. The first-order valence-corrected chi connectivity index (χ1v) is 13.5. The molecule has 34 heavy (non-hydrogen) atoms. The number of halogens is 1. The third-order valence-electron chi connectivity index (χ3n) is 5.86. The molecule has 1 saturated heterocycles. The van der Waals surface area contributed by atoms with E-state index >= 15 is 0 Å². The summed E-state index contributed by atoms with van der Waals surface area (Å²) in [4.78, 5) is 20.0. The Morgan fingerprint density at radius 3 is 2.53 bits per heavy atom. The van der Waals surface area contributed by atoms with Gasteiger partial charge in [-0.3, -0.25) is 9.69 Å². The normalized spacial score (nSPS) is 14.6. The van der Waals surface area contributed by atoms with Gasteiger partial charge in [-0.1, -0.05) is 29.0 Å². The van der Waals surface area contributed by atoms with Crippen molar-refractivity contribution in [3.63, 3.8) is 0 Å². The van der Waals surface area contributed by atoms with Crippen LogP contribution in [-0.4, -0.2) is 36.7 Å². The van der Waals surface area contributed by atoms with Gasteiger partial charge in [0.25, 0.3) is 5.91 Å². The SMILES string of the molecule is Cc1ccc(Cl)c2sc(N(Cc3ccco3)C(=O)c3ccc(S(=O)(=O)N4CCCC4)cc3)nc12. The first kappa shape index (κ1) is 23.0. The van der Waals surface area contributed by atoms with E-state index in [1.54, 1.807) is 30.5 Å². The van der Waals surface area contributed by atoms with Crippen LogP contribution in [0, 0.1) is 6.92 Å². The summed E-state index contributed by atoms with van der Waals surface area (Å²) in [5, 5.41) is 1.06. The monoisotopic (exact) mass is 515 g/mol. The molecule has 7 nitrogen and oxygen atoms in total. The number of hydrogen-bond acceptors (Lipinski definition) is 6. The maximum Gasteiger partial charge on any atom is 0.260 e. The second kappa shape index (κ2) is 9.14. The molecule has 10 heteroatoms. The van der Waals surface area contributed by atoms with Crippen molar-refractivity contribution in [2.45, 2.75) is 31.2 Å². The van der Waals surface area contributed by atoms with Crippen molar-refractivity contribution in [3.8, 4) is 0 Å². The van der Waals surface area contributed by atoms with Gasteiger partial charge in [-0.05, 0) is 67.8 Å². The Morgan fingerprint density at radius 1 is 1.15 bits per heavy atom. The van der Waals surface area contributed by atoms with Crippen LogP contribution in [0.25, 0.3) is 10.2 Å². The van der Waals surface area contributed by atoms with Crippen molar-refractivity contribution in [1.82, 2.24) is 9.29 Å². The summed E-state index contributed by atoms with van der Waals surface area (Å²) in [6, 6.07) is 13.3. The van der Waals surface area contributed by atoms with Crippen LogP contribution in [-0.2, 0) is 16.6 Å². The van der Waals surface area contributed by atoms with E-state index in [1.165, 1.54) is 32.7 Å². The average molecular weight is 516 g/mol. The first-order chi connectivity index (χ1) is 16.3. The van der Waals surface area contributed by atoms with Crippen LogP contribution in [0.2, 0.25) is 5.02 Å². The molecular formula is C24H22ClN3O4S2. The van der Waals surface area contributed by atoms with Crippen LogP contribution in [0.3, 0.4) is 0 Å². The van der Waals surface area contributed by atoms with E-state index in [1.807, 2.05) is 19.1 Å². The summed E-state index contributed by atoms with van der Waals surface area (Å²) in [6.45, 7) is 3.18. The predicted molar refractivity (Wildman–Crippen MR) is 133 cm³/mol. The van der Waals surface area contributed by atoms with Crippen molar-refractivity contribution in [2.75, 3.05) is 18.0 Å². The van der Waals surface area contributed by atoms with Gasteiger partial charge in [0, 0.05) is 18.7 Å². The maximum atomic E-state index is 13.6. The van der Waals surface area contributed by atoms with Crippen molar-refractivity contribution >= 4 is 54.2 Å². The molecule has 176 valence electrons. The Hall–Kier alpha value is -2.72. The highest BCUT2D eigenvalue weighted by molar-refractivity contribution is 7.89. The molecule has 1 aliphatic heterocycles. The lowest BCUT2D eigenvalue weighted by Gasteiger charge is -2.19. The highest BCUT2D eigenvalue weighted by Gasteiger charge is 2.28. The van der Waals surface area contributed by atoms with E-state index in [2.05, 4.69) is 0 Å². The molecule has 2 aromatic heterocycles. The number of rotatable bonds is 6. The van der Waals surface area contributed by atoms with Crippen LogP contribution in [0.1, 0.15) is 34.5 Å². The zero-order chi connectivity index (χ0) is 23.9. The minimum Gasteiger partial charge on any atom is -0.467 e. The zero-order valence-corrected chi connectivity index (χ0v) is 20.8. The molecule has 1 aliphatic rings. The summed E-state index contributed by atoms with van der Waals surface area (Å²) in [5.41, 5.74) is 2.06. The minimum atomic E-state index is -3.55. The number of carbonyl (C=O) groups excluding carboxylic acids is 1. The van der Waals surface area contributed by atoms with Gasteiger partial charge in [0.05, 0.1) is 32.9 Å². The second-order valence-electron chi connectivity index (χ2n) is 8.14. The lowest BCUT2D eigenvalue weighted by Crippen LogP contribution is -2.30. The number of sulfonamides is 1. The Kier molecular flexibility index (Phi) is 6.20. The quantitative estimate of drug-likeness (QED) is 0.339. The number of carbonyl (C=O) groups is 1. The Balaban J connectivity index is 1.50. The number of anilines is 1. The summed E-state index contributed by atoms with van der Waals surface area (Å²) >= 11 is 7.72. The van der Waals surface area contributed by atoms with E-state index in [0.29, 0.717) is 34.6 Å². The van der Waals surface area contributed by atoms with Crippen LogP contribution in [0.4, 0.5) is 5.13 Å². The second-order valence-corrected chi connectivity index (χ2v) is 11.5. The highest BCUT2D eigenvalue weighted by Crippen LogP contribution is 2.36. The van der Waals surface area contributed by atoms with Crippen LogP contribution in [0.15, 0.2) is 64.1 Å². The number of nitrogens with zero attached hydrogens (tertiary/aromatic N) is 3. The van der Waals surface area contributed by atoms with E-state index in [4.69, 9.17) is 21.0 Å². The molecule has 5 rings (SSSR count). The molecule has 0 aliphatic carbocycles. The molecular weight excluding hydrogens is 494 g/mol. The van der Waals surface area contributed by atoms with Crippen molar-refractivity contribution in [1.29, 1.82) is 0 Å². The number of benzene rings is 2. The third-order valence-corrected chi connectivity index (χ3v) is 9.31. The average Bonchev–Trinajstić information content (AvgIpc) is 3.61. The largest absolute Gasteiger partial charge is 0.467 e. The summed E-state index contributed by atoms with van der Waals surface area (Å²) in [5.74, 6) is 0.290. The fourth-order valence-electron chi connectivity index (χ4n) is 3.99. The van der Waals surface area contributed by atoms with E-state index < -0.39 is 10.0 Å². The molecule has 1 fully saturated rings. The lowest BCUT2D eigenvalue weighted by molar-refractivity contribution is 0.0983. The van der Waals surface area contributed by atoms with E-state index in [9.17, 15) is 13.2 Å². The van der Waals surface area contributed by atoms with Crippen molar-refractivity contribution in [2.24, 2.45) is 0 Å². The zero-order valence-electron chi connectivity index (χ0n) is 18.4. The highest BCUT2D eigenvalue weighted by atomic mass is 35.5. The molecule has 3 heterocycles. The number of aryl methyl sites for hydroxylation is 1. The molecule has 0 radical (unpaired) electrons. The molecule has 0 atom stereocenters. The molecule has 0 N–H and O–H groups in total. The summed E-state index contributed by atoms with van der Waals surface area (Å²) in [7, 11) is -3.55. The maximum absolute atomic E-state index is 13.6. The van der Waals surface area contributed by atoms with E-state index in [-0.39, 0.29) is 17.3 Å². The van der Waals surface area contributed by atoms with Gasteiger partial charge in [0.15, 0.2) is 5.13 Å². The van der Waals surface area contributed by atoms with Crippen molar-refractivity contribution in [3.05, 3.63) is 76.7 Å². The summed E-state index contributed by atoms with van der Waals surface area (Å²) in [6.07, 6.45) is 3.28. The van der Waals surface area contributed by atoms with Crippen molar-refractivity contribution < 1.29 is 17.6 Å². The fourth-order valence-corrected chi connectivity index (χ4v) is 6.83. The number of amides is 1. The molecule has 2 aromatic carbocycles. The van der Waals surface area contributed by atoms with Gasteiger partial charge in [-0.2, -0.15) is 4.31 Å². The van der Waals surface area contributed by atoms with Gasteiger partial charge in [-0.25, -0.2) is 13.4 Å². The molecule has 4 aromatic rings. The Labute approximate surface area is 206 Å². The lowest BCUT2D eigenvalue weighted by atomic mass is 10.2. The number of fused-ring (bicyclic) bond motifs is 1. The molecule has 0 unspecified atom stereocenters. The fraction of sp³-hybridized carbons (Fsp3) is 0.250. The minimum absolute atomic E-state index is 0.177. The standard InChI is InChI=1S/C24H22ClN3O4S2/c1-16-6-11-20(25)22-21(16)26-24(33-22)28(15-18-5-4-14-32-18)23(29)17-7-9-19(10-8-17)34(30,31)27-12-2-3-13-27/h4-11,14H,2-3,12-13,15H2,1H3. The first-order valence-electron chi connectivity index (χ1n) is 10.8. The predicted octanol–water partition coefficient (Wildman–Crippen LogP) is 5.48. The Bertz CT molecular complexity index is 1400. The van der Waals surface area contributed by atoms with Gasteiger partial charge in [0.2, 0.25) is 10.0 Å². The smallest absolute Gasteiger partial charge is 0.260 e. The number of furan rings is 1. The Morgan fingerprint density at radius 2 is 1.88 bits per heavy atom. The van der Waals surface area contributed by atoms with Crippen LogP contribution in [0.5, 0.6) is 0 Å². The van der Waals surface area contributed by atoms with Gasteiger partial charge in [0.1, 0.15) is 5.76 Å². The van der Waals surface area contributed by atoms with E-state index in [0.717, 1.165) is 28.6 Å². The number of hydrogen-bond donors (Lipinski definition) is 0. The molecule has 0 bridgehead atoms. The van der Waals surface area contributed by atoms with Crippen LogP contribution < -0.4 is 4.90 Å². The molecule has 1 amide bonds. The van der Waals surface area contributed by atoms with Gasteiger partial charge >= 0.3 is 0 Å². The molecule has 0 spiro atoms. The van der Waals surface area contributed by atoms with Crippen LogP contribution >= 0.6 is 22.9 Å². The summed E-state index contributed by atoms with van der Waals surface area (Å²) < 4.78 is 33.5.